The second-order valence-electron chi connectivity index (χ2n) is 8.82. The Hall–Kier alpha value is -3.15. The molecule has 11 heteroatoms. The van der Waals surface area contributed by atoms with Gasteiger partial charge >= 0.3 is 0 Å². The van der Waals surface area contributed by atoms with Crippen LogP contribution in [0.1, 0.15) is 43.1 Å². The van der Waals surface area contributed by atoms with Crippen molar-refractivity contribution in [1.29, 1.82) is 0 Å². The minimum absolute atomic E-state index is 0.0822. The van der Waals surface area contributed by atoms with Crippen LogP contribution in [0.2, 0.25) is 0 Å². The third-order valence-electron chi connectivity index (χ3n) is 5.88. The van der Waals surface area contributed by atoms with E-state index in [2.05, 4.69) is 20.8 Å². The fraction of sp³-hybridized carbons (Fsp3) is 0.391. The first-order chi connectivity index (χ1) is 16.3. The topological polar surface area (TPSA) is 119 Å². The van der Waals surface area contributed by atoms with Crippen LogP contribution in [-0.2, 0) is 14.8 Å². The van der Waals surface area contributed by atoms with Crippen LogP contribution in [0.15, 0.2) is 53.4 Å². The molecule has 2 unspecified atom stereocenters. The van der Waals surface area contributed by atoms with Crippen molar-refractivity contribution in [2.45, 2.75) is 49.8 Å². The molecule has 2 fully saturated rings. The molecule has 1 amide bonds. The molecule has 34 heavy (non-hydrogen) atoms. The average molecular weight is 483 g/mol. The lowest BCUT2D eigenvalue weighted by atomic mass is 10.1. The van der Waals surface area contributed by atoms with Gasteiger partial charge in [0, 0.05) is 29.9 Å². The maximum absolute atomic E-state index is 13.2. The van der Waals surface area contributed by atoms with Gasteiger partial charge < -0.3 is 10.1 Å². The molecule has 0 bridgehead atoms. The van der Waals surface area contributed by atoms with Crippen molar-refractivity contribution >= 4 is 21.6 Å². The lowest BCUT2D eigenvalue weighted by Crippen LogP contribution is -2.48. The highest BCUT2D eigenvalue weighted by atomic mass is 32.2. The molecule has 3 aromatic rings. The normalized spacial score (nSPS) is 21.4. The van der Waals surface area contributed by atoms with Crippen LogP contribution >= 0.6 is 0 Å². The van der Waals surface area contributed by atoms with Crippen molar-refractivity contribution in [2.75, 3.05) is 18.4 Å². The van der Waals surface area contributed by atoms with Crippen molar-refractivity contribution in [2.24, 2.45) is 0 Å². The minimum atomic E-state index is -3.75. The van der Waals surface area contributed by atoms with Gasteiger partial charge in [0.25, 0.3) is 5.91 Å². The van der Waals surface area contributed by atoms with Crippen LogP contribution in [0.3, 0.4) is 0 Å². The zero-order valence-corrected chi connectivity index (χ0v) is 19.8. The first-order valence-electron chi connectivity index (χ1n) is 11.3. The second kappa shape index (κ2) is 8.90. The van der Waals surface area contributed by atoms with Gasteiger partial charge in [-0.05, 0) is 67.4 Å². The highest BCUT2D eigenvalue weighted by molar-refractivity contribution is 7.89. The molecule has 1 aliphatic heterocycles. The van der Waals surface area contributed by atoms with Gasteiger partial charge in [0.2, 0.25) is 10.0 Å². The monoisotopic (exact) mass is 482 g/mol. The number of hydrogen-bond acceptors (Lipinski definition) is 7. The summed E-state index contributed by atoms with van der Waals surface area (Å²) in [5.41, 5.74) is 1.61. The number of nitrogens with zero attached hydrogens (tertiary/aromatic N) is 5. The van der Waals surface area contributed by atoms with Gasteiger partial charge in [0.15, 0.2) is 5.82 Å². The van der Waals surface area contributed by atoms with Crippen molar-refractivity contribution in [1.82, 2.24) is 24.5 Å². The number of benzene rings is 2. The summed E-state index contributed by atoms with van der Waals surface area (Å²) in [5, 5.41) is 14.8. The number of nitrogens with one attached hydrogen (secondary N) is 1. The second-order valence-corrected chi connectivity index (χ2v) is 10.8. The molecule has 2 atom stereocenters. The van der Waals surface area contributed by atoms with E-state index in [0.717, 1.165) is 18.4 Å². The van der Waals surface area contributed by atoms with E-state index in [1.54, 1.807) is 24.3 Å². The van der Waals surface area contributed by atoms with Crippen LogP contribution in [0.25, 0.3) is 11.4 Å². The molecule has 178 valence electrons. The van der Waals surface area contributed by atoms with Crippen LogP contribution in [-0.4, -0.2) is 64.1 Å². The Labute approximate surface area is 198 Å². The van der Waals surface area contributed by atoms with E-state index >= 15 is 0 Å². The summed E-state index contributed by atoms with van der Waals surface area (Å²) in [6.07, 6.45) is 1.71. The lowest BCUT2D eigenvalue weighted by molar-refractivity contribution is -0.0440. The third-order valence-corrected chi connectivity index (χ3v) is 7.71. The summed E-state index contributed by atoms with van der Waals surface area (Å²) in [6.45, 7) is 4.24. The third kappa shape index (κ3) is 4.59. The van der Waals surface area contributed by atoms with E-state index in [-0.39, 0.29) is 35.8 Å². The van der Waals surface area contributed by atoms with E-state index in [1.807, 2.05) is 30.7 Å². The Balaban J connectivity index is 1.35. The summed E-state index contributed by atoms with van der Waals surface area (Å²) in [7, 11) is -3.75. The van der Waals surface area contributed by atoms with Crippen LogP contribution in [0, 0.1) is 0 Å². The molecule has 2 heterocycles. The number of sulfonamides is 1. The van der Waals surface area contributed by atoms with Crippen molar-refractivity contribution in [3.8, 4) is 11.4 Å². The quantitative estimate of drug-likeness (QED) is 0.574. The molecule has 1 saturated heterocycles. The van der Waals surface area contributed by atoms with Crippen LogP contribution < -0.4 is 5.32 Å². The molecule has 1 N–H and O–H groups in total. The Bertz CT molecular complexity index is 1310. The van der Waals surface area contributed by atoms with Gasteiger partial charge in [-0.3, -0.25) is 4.79 Å². The maximum atomic E-state index is 13.2. The van der Waals surface area contributed by atoms with Gasteiger partial charge in [0.05, 0.1) is 23.1 Å². The molecule has 2 aromatic carbocycles. The zero-order valence-electron chi connectivity index (χ0n) is 19.0. The van der Waals surface area contributed by atoms with E-state index in [9.17, 15) is 13.2 Å². The number of rotatable bonds is 6. The van der Waals surface area contributed by atoms with Gasteiger partial charge in [-0.25, -0.2) is 13.1 Å². The minimum Gasteiger partial charge on any atom is -0.373 e. The summed E-state index contributed by atoms with van der Waals surface area (Å²) >= 11 is 0. The first-order valence-corrected chi connectivity index (χ1v) is 12.7. The van der Waals surface area contributed by atoms with Crippen LogP contribution in [0.4, 0.5) is 5.69 Å². The number of aromatic nitrogens is 4. The highest BCUT2D eigenvalue weighted by Crippen LogP contribution is 2.36. The molecule has 0 radical (unpaired) electrons. The Morgan fingerprint density at radius 1 is 1.06 bits per heavy atom. The first kappa shape index (κ1) is 22.6. The lowest BCUT2D eigenvalue weighted by Gasteiger charge is -2.34. The fourth-order valence-corrected chi connectivity index (χ4v) is 5.80. The molecule has 0 spiro atoms. The summed E-state index contributed by atoms with van der Waals surface area (Å²) in [4.78, 5) is 13.1. The molecule has 1 saturated carbocycles. The molecule has 10 nitrogen and oxygen atoms in total. The largest absolute Gasteiger partial charge is 0.373 e. The number of morpholine rings is 1. The smallest absolute Gasteiger partial charge is 0.255 e. The number of hydrogen-bond donors (Lipinski definition) is 1. The van der Waals surface area contributed by atoms with Gasteiger partial charge in [-0.15, -0.1) is 5.10 Å². The number of tetrazole rings is 1. The SMILES string of the molecule is CC1CN(S(=O)(=O)c2cccc(C(=O)Nc3cccc(-c4nnnn4C4CC4)c3)c2)CC(C)O1. The molecule has 1 aliphatic carbocycles. The molecular formula is C23H26N6O4S. The number of carbonyl (C=O) groups excluding carboxylic acids is 1. The van der Waals surface area contributed by atoms with Gasteiger partial charge in [-0.1, -0.05) is 18.2 Å². The van der Waals surface area contributed by atoms with Crippen LogP contribution in [0.5, 0.6) is 0 Å². The number of anilines is 1. The van der Waals surface area contributed by atoms with Crippen molar-refractivity contribution < 1.29 is 17.9 Å². The molecule has 5 rings (SSSR count). The van der Waals surface area contributed by atoms with E-state index < -0.39 is 15.9 Å². The Kier molecular flexibility index (Phi) is 5.92. The molecule has 1 aromatic heterocycles. The Morgan fingerprint density at radius 2 is 1.79 bits per heavy atom. The number of amides is 1. The fourth-order valence-electron chi connectivity index (χ4n) is 4.16. The van der Waals surface area contributed by atoms with Gasteiger partial charge in [0.1, 0.15) is 0 Å². The molecular weight excluding hydrogens is 456 g/mol. The highest BCUT2D eigenvalue weighted by Gasteiger charge is 2.32. The summed E-state index contributed by atoms with van der Waals surface area (Å²) in [6, 6.07) is 13.7. The predicted molar refractivity (Wildman–Crippen MR) is 125 cm³/mol. The average Bonchev–Trinajstić information content (AvgIpc) is 3.54. The van der Waals surface area contributed by atoms with E-state index in [0.29, 0.717) is 17.6 Å². The molecule has 2 aliphatic rings. The van der Waals surface area contributed by atoms with E-state index in [1.165, 1.54) is 16.4 Å². The summed E-state index contributed by atoms with van der Waals surface area (Å²) < 4.78 is 35.3. The van der Waals surface area contributed by atoms with Gasteiger partial charge in [-0.2, -0.15) is 4.31 Å². The number of carbonyl (C=O) groups is 1. The number of ether oxygens (including phenoxy) is 1. The van der Waals surface area contributed by atoms with Crippen molar-refractivity contribution in [3.05, 3.63) is 54.1 Å². The maximum Gasteiger partial charge on any atom is 0.255 e. The zero-order chi connectivity index (χ0) is 23.9. The van der Waals surface area contributed by atoms with E-state index in [4.69, 9.17) is 4.74 Å². The standard InChI is InChI=1S/C23H26N6O4S/c1-15-13-28(14-16(2)33-15)34(31,32)21-8-4-6-18(12-21)23(30)24-19-7-3-5-17(11-19)22-25-26-27-29(22)20-9-10-20/h3-8,11-12,15-16,20H,9-10,13-14H2,1-2H3,(H,24,30). The van der Waals surface area contributed by atoms with Crippen molar-refractivity contribution in [3.63, 3.8) is 0 Å². The summed E-state index contributed by atoms with van der Waals surface area (Å²) in [5.74, 6) is 0.250. The Morgan fingerprint density at radius 3 is 2.53 bits per heavy atom. The predicted octanol–water partition coefficient (Wildman–Crippen LogP) is 2.73.